The largest absolute Gasteiger partial charge is 0.330 e. The molecule has 0 aliphatic rings. The molecular weight excluding hydrogens is 303 g/mol. The fourth-order valence-electron chi connectivity index (χ4n) is 1.57. The van der Waals surface area contributed by atoms with E-state index in [9.17, 15) is 4.39 Å². The first kappa shape index (κ1) is 12.7. The van der Waals surface area contributed by atoms with Gasteiger partial charge in [0.05, 0.1) is 5.69 Å². The van der Waals surface area contributed by atoms with E-state index >= 15 is 0 Å². The number of nitrogens with zero attached hydrogens (tertiary/aromatic N) is 1. The van der Waals surface area contributed by atoms with Crippen LogP contribution < -0.4 is 5.73 Å². The van der Waals surface area contributed by atoms with E-state index in [4.69, 9.17) is 5.73 Å². The number of hydrogen-bond donors (Lipinski definition) is 1. The first-order valence-corrected chi connectivity index (χ1v) is 6.84. The van der Waals surface area contributed by atoms with Gasteiger partial charge < -0.3 is 5.73 Å². The molecule has 0 spiro atoms. The molecule has 0 saturated heterocycles. The summed E-state index contributed by atoms with van der Waals surface area (Å²) in [6.07, 6.45) is 0.793. The third-order valence-electron chi connectivity index (χ3n) is 2.43. The van der Waals surface area contributed by atoms with Crippen LogP contribution in [0.3, 0.4) is 0 Å². The number of rotatable bonds is 3. The second-order valence-electron chi connectivity index (χ2n) is 3.69. The smallest absolute Gasteiger partial charge is 0.134 e. The lowest BCUT2D eigenvalue weighted by Crippen LogP contribution is -2.01. The van der Waals surface area contributed by atoms with Crippen molar-refractivity contribution in [3.05, 3.63) is 39.1 Å². The molecule has 2 nitrogen and oxygen atoms in total. The summed E-state index contributed by atoms with van der Waals surface area (Å²) < 4.78 is 14.5. The molecule has 5 heteroatoms. The summed E-state index contributed by atoms with van der Waals surface area (Å²) in [6.45, 7) is 2.52. The van der Waals surface area contributed by atoms with Crippen LogP contribution in [0.5, 0.6) is 0 Å². The van der Waals surface area contributed by atoms with Gasteiger partial charge in [-0.2, -0.15) is 0 Å². The standard InChI is InChI=1S/C12H12BrFN2S/c1-7-11(4-5-15)17-12(16-7)9-3-2-8(13)6-10(9)14/h2-3,6H,4-5,15H2,1H3. The zero-order valence-electron chi connectivity index (χ0n) is 9.34. The minimum atomic E-state index is -0.257. The first-order valence-electron chi connectivity index (χ1n) is 5.23. The van der Waals surface area contributed by atoms with Gasteiger partial charge in [-0.1, -0.05) is 15.9 Å². The van der Waals surface area contributed by atoms with Gasteiger partial charge in [0.15, 0.2) is 0 Å². The fraction of sp³-hybridized carbons (Fsp3) is 0.250. The summed E-state index contributed by atoms with van der Waals surface area (Å²) in [5.41, 5.74) is 7.01. The van der Waals surface area contributed by atoms with Gasteiger partial charge in [0.25, 0.3) is 0 Å². The third kappa shape index (κ3) is 2.73. The molecule has 0 amide bonds. The van der Waals surface area contributed by atoms with Gasteiger partial charge >= 0.3 is 0 Å². The molecule has 1 aromatic heterocycles. The number of benzene rings is 1. The Bertz CT molecular complexity index is 539. The summed E-state index contributed by atoms with van der Waals surface area (Å²) in [5, 5.41) is 0.718. The minimum Gasteiger partial charge on any atom is -0.330 e. The second-order valence-corrected chi connectivity index (χ2v) is 5.69. The van der Waals surface area contributed by atoms with Crippen molar-refractivity contribution in [2.24, 2.45) is 5.73 Å². The SMILES string of the molecule is Cc1nc(-c2ccc(Br)cc2F)sc1CCN. The zero-order valence-corrected chi connectivity index (χ0v) is 11.7. The van der Waals surface area contributed by atoms with Crippen LogP contribution in [0.15, 0.2) is 22.7 Å². The van der Waals surface area contributed by atoms with E-state index in [2.05, 4.69) is 20.9 Å². The van der Waals surface area contributed by atoms with Gasteiger partial charge in [0, 0.05) is 14.9 Å². The van der Waals surface area contributed by atoms with Crippen LogP contribution in [-0.2, 0) is 6.42 Å². The molecule has 1 heterocycles. The lowest BCUT2D eigenvalue weighted by atomic mass is 10.2. The summed E-state index contributed by atoms with van der Waals surface area (Å²) in [7, 11) is 0. The molecule has 0 bridgehead atoms. The highest BCUT2D eigenvalue weighted by Crippen LogP contribution is 2.31. The Hall–Kier alpha value is -0.780. The summed E-state index contributed by atoms with van der Waals surface area (Å²) in [4.78, 5) is 5.53. The van der Waals surface area contributed by atoms with Crippen molar-refractivity contribution < 1.29 is 4.39 Å². The molecule has 0 atom stereocenters. The van der Waals surface area contributed by atoms with Crippen molar-refractivity contribution >= 4 is 27.3 Å². The Morgan fingerprint density at radius 2 is 2.24 bits per heavy atom. The first-order chi connectivity index (χ1) is 8.11. The van der Waals surface area contributed by atoms with Gasteiger partial charge in [-0.25, -0.2) is 9.37 Å². The average molecular weight is 315 g/mol. The van der Waals surface area contributed by atoms with Crippen LogP contribution >= 0.6 is 27.3 Å². The fourth-order valence-corrected chi connectivity index (χ4v) is 3.01. The molecular formula is C12H12BrFN2S. The highest BCUT2D eigenvalue weighted by Gasteiger charge is 2.12. The highest BCUT2D eigenvalue weighted by molar-refractivity contribution is 9.10. The Kier molecular flexibility index (Phi) is 3.91. The van der Waals surface area contributed by atoms with E-state index in [0.717, 1.165) is 26.5 Å². The Balaban J connectivity index is 2.42. The van der Waals surface area contributed by atoms with Crippen LogP contribution in [0.2, 0.25) is 0 Å². The van der Waals surface area contributed by atoms with Crippen LogP contribution in [-0.4, -0.2) is 11.5 Å². The Labute approximate surface area is 112 Å². The van der Waals surface area contributed by atoms with E-state index in [-0.39, 0.29) is 5.82 Å². The second kappa shape index (κ2) is 5.25. The van der Waals surface area contributed by atoms with Crippen LogP contribution in [0.4, 0.5) is 4.39 Å². The molecule has 0 aliphatic heterocycles. The average Bonchev–Trinajstić information content (AvgIpc) is 2.60. The van der Waals surface area contributed by atoms with E-state index in [1.54, 1.807) is 6.07 Å². The molecule has 0 saturated carbocycles. The van der Waals surface area contributed by atoms with Crippen LogP contribution in [0.1, 0.15) is 10.6 Å². The number of aromatic nitrogens is 1. The number of aryl methyl sites for hydroxylation is 1. The van der Waals surface area contributed by atoms with Gasteiger partial charge in [-0.05, 0) is 38.1 Å². The maximum absolute atomic E-state index is 13.8. The number of hydrogen-bond acceptors (Lipinski definition) is 3. The predicted molar refractivity (Wildman–Crippen MR) is 72.7 cm³/mol. The lowest BCUT2D eigenvalue weighted by Gasteiger charge is -1.99. The van der Waals surface area contributed by atoms with E-state index in [0.29, 0.717) is 12.1 Å². The van der Waals surface area contributed by atoms with Crippen molar-refractivity contribution in [3.8, 4) is 10.6 Å². The minimum absolute atomic E-state index is 0.257. The number of thiazole rings is 1. The topological polar surface area (TPSA) is 38.9 Å². The normalized spacial score (nSPS) is 10.8. The molecule has 2 rings (SSSR count). The Morgan fingerprint density at radius 3 is 2.88 bits per heavy atom. The number of halogens is 2. The monoisotopic (exact) mass is 314 g/mol. The van der Waals surface area contributed by atoms with Gasteiger partial charge in [0.1, 0.15) is 10.8 Å². The van der Waals surface area contributed by atoms with Gasteiger partial charge in [0.2, 0.25) is 0 Å². The summed E-state index contributed by atoms with van der Waals surface area (Å²) >= 11 is 4.75. The van der Waals surface area contributed by atoms with E-state index < -0.39 is 0 Å². The molecule has 0 aliphatic carbocycles. The van der Waals surface area contributed by atoms with E-state index in [1.165, 1.54) is 17.4 Å². The molecule has 2 N–H and O–H groups in total. The highest BCUT2D eigenvalue weighted by atomic mass is 79.9. The van der Waals surface area contributed by atoms with Crippen molar-refractivity contribution in [1.29, 1.82) is 0 Å². The number of nitrogens with two attached hydrogens (primary N) is 1. The maximum Gasteiger partial charge on any atom is 0.134 e. The quantitative estimate of drug-likeness (QED) is 0.941. The molecule has 17 heavy (non-hydrogen) atoms. The van der Waals surface area contributed by atoms with Crippen molar-refractivity contribution in [2.45, 2.75) is 13.3 Å². The third-order valence-corrected chi connectivity index (χ3v) is 4.17. The molecule has 1 aromatic carbocycles. The predicted octanol–water partition coefficient (Wildman–Crippen LogP) is 3.52. The molecule has 0 unspecified atom stereocenters. The summed E-state index contributed by atoms with van der Waals surface area (Å²) in [5.74, 6) is -0.257. The van der Waals surface area contributed by atoms with Crippen molar-refractivity contribution in [1.82, 2.24) is 4.98 Å². The van der Waals surface area contributed by atoms with E-state index in [1.807, 2.05) is 13.0 Å². The van der Waals surface area contributed by atoms with Crippen LogP contribution in [0.25, 0.3) is 10.6 Å². The van der Waals surface area contributed by atoms with Crippen molar-refractivity contribution in [2.75, 3.05) is 6.54 Å². The molecule has 0 fully saturated rings. The lowest BCUT2D eigenvalue weighted by molar-refractivity contribution is 0.630. The van der Waals surface area contributed by atoms with Gasteiger partial charge in [-0.15, -0.1) is 11.3 Å². The molecule has 90 valence electrons. The zero-order chi connectivity index (χ0) is 12.4. The van der Waals surface area contributed by atoms with Crippen LogP contribution in [0, 0.1) is 12.7 Å². The molecule has 2 aromatic rings. The maximum atomic E-state index is 13.8. The van der Waals surface area contributed by atoms with Crippen molar-refractivity contribution in [3.63, 3.8) is 0 Å². The summed E-state index contributed by atoms with van der Waals surface area (Å²) in [6, 6.07) is 5.01. The Morgan fingerprint density at radius 1 is 1.47 bits per heavy atom. The molecule has 0 radical (unpaired) electrons. The van der Waals surface area contributed by atoms with Gasteiger partial charge in [-0.3, -0.25) is 0 Å².